The van der Waals surface area contributed by atoms with Crippen LogP contribution in [0.4, 0.5) is 0 Å². The summed E-state index contributed by atoms with van der Waals surface area (Å²) in [4.78, 5) is 10.5. The second-order valence-electron chi connectivity index (χ2n) is 2.41. The number of ether oxygens (including phenoxy) is 2. The highest BCUT2D eigenvalue weighted by atomic mass is 16.6. The molecule has 0 spiro atoms. The van der Waals surface area contributed by atoms with E-state index in [0.29, 0.717) is 6.10 Å². The van der Waals surface area contributed by atoms with E-state index in [2.05, 4.69) is 4.74 Å². The van der Waals surface area contributed by atoms with Gasteiger partial charge in [-0.3, -0.25) is 0 Å². The van der Waals surface area contributed by atoms with E-state index >= 15 is 0 Å². The molecule has 4 heteroatoms. The highest BCUT2D eigenvalue weighted by Gasteiger charge is 2.19. The molecule has 0 aromatic rings. The lowest BCUT2D eigenvalue weighted by atomic mass is 10.3. The Morgan fingerprint density at radius 1 is 1.69 bits per heavy atom. The van der Waals surface area contributed by atoms with Gasteiger partial charge in [-0.25, -0.2) is 9.90 Å². The zero-order valence-electron chi connectivity index (χ0n) is 7.99. The topological polar surface area (TPSA) is 58.7 Å². The van der Waals surface area contributed by atoms with Crippen molar-refractivity contribution in [2.75, 3.05) is 20.3 Å². The first-order valence-electron chi connectivity index (χ1n) is 4.18. The maximum Gasteiger partial charge on any atom is 0.330 e. The minimum Gasteiger partial charge on any atom is -0.466 e. The van der Waals surface area contributed by atoms with Gasteiger partial charge in [-0.1, -0.05) is 6.08 Å². The van der Waals surface area contributed by atoms with Gasteiger partial charge in [0.05, 0.1) is 26.4 Å². The molecule has 1 rings (SSSR count). The van der Waals surface area contributed by atoms with Gasteiger partial charge in [0.2, 0.25) is 0 Å². The molecule has 0 aromatic carbocycles. The number of hydrogen-bond donors (Lipinski definition) is 0. The van der Waals surface area contributed by atoms with Crippen molar-refractivity contribution in [1.82, 2.24) is 0 Å². The van der Waals surface area contributed by atoms with Crippen LogP contribution in [0.3, 0.4) is 0 Å². The lowest BCUT2D eigenvalue weighted by Crippen LogP contribution is -1.93. The molecule has 1 unspecified atom stereocenters. The zero-order chi connectivity index (χ0) is 10.1. The fourth-order valence-electron chi connectivity index (χ4n) is 0.588. The van der Waals surface area contributed by atoms with Crippen molar-refractivity contribution in [3.05, 3.63) is 12.2 Å². The summed E-state index contributed by atoms with van der Waals surface area (Å²) < 4.78 is 9.31. The average molecular weight is 187 g/mol. The van der Waals surface area contributed by atoms with E-state index < -0.39 is 0 Å². The Morgan fingerprint density at radius 2 is 2.23 bits per heavy atom. The van der Waals surface area contributed by atoms with Gasteiger partial charge in [0.15, 0.2) is 0 Å². The van der Waals surface area contributed by atoms with Gasteiger partial charge in [0.25, 0.3) is 0 Å². The molecule has 13 heavy (non-hydrogen) atoms. The molecule has 1 fully saturated rings. The van der Waals surface area contributed by atoms with Gasteiger partial charge in [-0.05, 0) is 13.3 Å². The molecule has 1 saturated heterocycles. The highest BCUT2D eigenvalue weighted by Crippen LogP contribution is 2.13. The first-order chi connectivity index (χ1) is 6.24. The van der Waals surface area contributed by atoms with Crippen LogP contribution in [0.1, 0.15) is 13.3 Å². The Labute approximate surface area is 78.2 Å². The number of carbonyl (C=O) groups excluding carboxylic acids is 1. The Morgan fingerprint density at radius 3 is 2.62 bits per heavy atom. The minimum absolute atomic E-state index is 0. The van der Waals surface area contributed by atoms with Gasteiger partial charge < -0.3 is 9.47 Å². The Bertz CT molecular complexity index is 161. The minimum atomic E-state index is -0.305. The maximum atomic E-state index is 10.5. The lowest BCUT2D eigenvalue weighted by molar-refractivity contribution is -0.134. The van der Waals surface area contributed by atoms with Crippen LogP contribution in [0.15, 0.2) is 12.2 Å². The molecule has 1 radical (unpaired) electrons. The van der Waals surface area contributed by atoms with Crippen molar-refractivity contribution in [2.24, 2.45) is 0 Å². The summed E-state index contributed by atoms with van der Waals surface area (Å²) >= 11 is 0. The van der Waals surface area contributed by atoms with Crippen molar-refractivity contribution in [2.45, 2.75) is 19.4 Å². The molecule has 0 aliphatic carbocycles. The summed E-state index contributed by atoms with van der Waals surface area (Å²) in [5, 5.41) is 8.93. The number of carbonyl (C=O) groups is 1. The van der Waals surface area contributed by atoms with Crippen molar-refractivity contribution in [3.63, 3.8) is 0 Å². The number of rotatable bonds is 3. The third-order valence-corrected chi connectivity index (χ3v) is 1.26. The monoisotopic (exact) mass is 187 g/mol. The van der Waals surface area contributed by atoms with Crippen molar-refractivity contribution in [1.29, 1.82) is 0 Å². The number of esters is 1. The summed E-state index contributed by atoms with van der Waals surface area (Å²) in [5.41, 5.74) is 0. The molecule has 0 saturated carbocycles. The second-order valence-corrected chi connectivity index (χ2v) is 2.41. The van der Waals surface area contributed by atoms with Crippen LogP contribution in [-0.2, 0) is 19.4 Å². The highest BCUT2D eigenvalue weighted by molar-refractivity contribution is 5.81. The van der Waals surface area contributed by atoms with E-state index in [1.54, 1.807) is 13.0 Å². The van der Waals surface area contributed by atoms with Crippen molar-refractivity contribution < 1.29 is 19.4 Å². The SMILES string of the molecule is CC[O].COC(=O)C=CCC1CO1. The molecule has 0 amide bonds. The molecule has 1 aliphatic rings. The van der Waals surface area contributed by atoms with Crippen LogP contribution >= 0.6 is 0 Å². The second kappa shape index (κ2) is 7.76. The fourth-order valence-corrected chi connectivity index (χ4v) is 0.588. The van der Waals surface area contributed by atoms with Gasteiger partial charge >= 0.3 is 5.97 Å². The Kier molecular flexibility index (Phi) is 7.24. The summed E-state index contributed by atoms with van der Waals surface area (Å²) in [5.74, 6) is -0.305. The molecule has 1 atom stereocenters. The smallest absolute Gasteiger partial charge is 0.330 e. The third kappa shape index (κ3) is 9.04. The molecule has 1 aliphatic heterocycles. The molecular formula is C9H15O4. The summed E-state index contributed by atoms with van der Waals surface area (Å²) in [7, 11) is 1.36. The van der Waals surface area contributed by atoms with Gasteiger partial charge in [-0.15, -0.1) is 0 Å². The van der Waals surface area contributed by atoms with Gasteiger partial charge in [0.1, 0.15) is 0 Å². The van der Waals surface area contributed by atoms with Gasteiger partial charge in [0, 0.05) is 6.08 Å². The zero-order valence-corrected chi connectivity index (χ0v) is 7.99. The van der Waals surface area contributed by atoms with Crippen LogP contribution in [0.5, 0.6) is 0 Å². The van der Waals surface area contributed by atoms with E-state index in [0.717, 1.165) is 13.0 Å². The average Bonchev–Trinajstić information content (AvgIpc) is 2.89. The first-order valence-corrected chi connectivity index (χ1v) is 4.18. The maximum absolute atomic E-state index is 10.5. The van der Waals surface area contributed by atoms with E-state index in [9.17, 15) is 4.79 Å². The first kappa shape index (κ1) is 12.1. The summed E-state index contributed by atoms with van der Waals surface area (Å²) in [6.45, 7) is 2.39. The standard InChI is InChI=1S/C7H10O3.C2H5O/c1-9-7(8)4-2-3-6-5-10-6;1-2-3/h2,4,6H,3,5H2,1H3;2H2,1H3. The number of methoxy groups -OCH3 is 1. The van der Waals surface area contributed by atoms with E-state index in [1.807, 2.05) is 0 Å². The Balaban J connectivity index is 0.000000424. The molecular weight excluding hydrogens is 172 g/mol. The summed E-state index contributed by atoms with van der Waals surface area (Å²) in [6.07, 6.45) is 4.35. The largest absolute Gasteiger partial charge is 0.466 e. The van der Waals surface area contributed by atoms with Crippen molar-refractivity contribution in [3.8, 4) is 0 Å². The van der Waals surface area contributed by atoms with Crippen LogP contribution in [0, 0.1) is 0 Å². The predicted molar refractivity (Wildman–Crippen MR) is 46.7 cm³/mol. The molecule has 4 nitrogen and oxygen atoms in total. The molecule has 1 heterocycles. The number of epoxide rings is 1. The predicted octanol–water partition coefficient (Wildman–Crippen LogP) is 0.941. The molecule has 75 valence electrons. The van der Waals surface area contributed by atoms with E-state index in [1.165, 1.54) is 13.2 Å². The van der Waals surface area contributed by atoms with Gasteiger partial charge in [-0.2, -0.15) is 0 Å². The molecule has 0 aromatic heterocycles. The van der Waals surface area contributed by atoms with Crippen LogP contribution in [0.2, 0.25) is 0 Å². The van der Waals surface area contributed by atoms with E-state index in [4.69, 9.17) is 9.84 Å². The normalized spacial score (nSPS) is 19.2. The summed E-state index contributed by atoms with van der Waals surface area (Å²) in [6, 6.07) is 0. The van der Waals surface area contributed by atoms with Crippen molar-refractivity contribution >= 4 is 5.97 Å². The molecule has 0 N–H and O–H groups in total. The third-order valence-electron chi connectivity index (χ3n) is 1.26. The molecule has 0 bridgehead atoms. The van der Waals surface area contributed by atoms with Crippen LogP contribution in [-0.4, -0.2) is 32.4 Å². The lowest BCUT2D eigenvalue weighted by Gasteiger charge is -1.87. The van der Waals surface area contributed by atoms with E-state index in [-0.39, 0.29) is 12.6 Å². The quantitative estimate of drug-likeness (QED) is 0.375. The fraction of sp³-hybridized carbons (Fsp3) is 0.667. The van der Waals surface area contributed by atoms with Crippen LogP contribution in [0.25, 0.3) is 0 Å². The Hall–Kier alpha value is -0.870. The number of hydrogen-bond acceptors (Lipinski definition) is 3. The van der Waals surface area contributed by atoms with Crippen LogP contribution < -0.4 is 0 Å².